The van der Waals surface area contributed by atoms with Crippen molar-refractivity contribution in [3.05, 3.63) is 23.2 Å². The fourth-order valence-corrected chi connectivity index (χ4v) is 3.35. The number of hydrogen-bond donors (Lipinski definition) is 0. The van der Waals surface area contributed by atoms with Crippen LogP contribution in [-0.2, 0) is 36.8 Å². The molecule has 8 nitrogen and oxygen atoms in total. The largest absolute Gasteiger partial charge is 0.678 e. The molecular weight excluding hydrogens is 324 g/mol. The minimum Gasteiger partial charge on any atom is -0.490 e. The normalized spacial score (nSPS) is 15.8. The zero-order valence-electron chi connectivity index (χ0n) is 14.0. The Morgan fingerprint density at radius 2 is 1.48 bits per heavy atom. The van der Waals surface area contributed by atoms with Crippen LogP contribution in [0.5, 0.6) is 0 Å². The highest BCUT2D eigenvalue weighted by atomic mass is 28.4. The Labute approximate surface area is 136 Å². The van der Waals surface area contributed by atoms with E-state index in [-0.39, 0.29) is 23.9 Å². The van der Waals surface area contributed by atoms with Gasteiger partial charge in [0.2, 0.25) is 23.1 Å². The van der Waals surface area contributed by atoms with Crippen molar-refractivity contribution in [1.82, 2.24) is 0 Å². The molecule has 130 valence electrons. The Kier molecular flexibility index (Phi) is 7.59. The number of rotatable bonds is 10. The number of carbonyl (C=O) groups is 2. The van der Waals surface area contributed by atoms with Crippen LogP contribution >= 0.6 is 0 Å². The van der Waals surface area contributed by atoms with E-state index in [0.29, 0.717) is 18.4 Å². The Morgan fingerprint density at radius 3 is 1.96 bits per heavy atom. The summed E-state index contributed by atoms with van der Waals surface area (Å²) >= 11 is 0. The fraction of sp³-hybridized carbons (Fsp3) is 0.571. The first-order valence-electron chi connectivity index (χ1n) is 6.89. The highest BCUT2D eigenvalue weighted by molar-refractivity contribution is 6.53. The predicted molar refractivity (Wildman–Crippen MR) is 81.1 cm³/mol. The average Bonchev–Trinajstić information content (AvgIpc) is 2.57. The third-order valence-corrected chi connectivity index (χ3v) is 5.32. The molecule has 0 bridgehead atoms. The summed E-state index contributed by atoms with van der Waals surface area (Å²) in [4.78, 5) is 24.1. The Bertz CT molecular complexity index is 499. The average molecular weight is 346 g/mol. The van der Waals surface area contributed by atoms with E-state index in [1.165, 1.54) is 41.6 Å². The minimum absolute atomic E-state index is 0.0784. The lowest BCUT2D eigenvalue weighted by atomic mass is 9.96. The quantitative estimate of drug-likeness (QED) is 0.325. The van der Waals surface area contributed by atoms with E-state index in [1.54, 1.807) is 0 Å². The van der Waals surface area contributed by atoms with Crippen LogP contribution in [0.25, 0.3) is 0 Å². The van der Waals surface area contributed by atoms with Gasteiger partial charge in [0.15, 0.2) is 0 Å². The number of methoxy groups -OCH3 is 2. The molecular formula is C14H22O8Si. The SMILES string of the molecule is COC1=C(OC)C(=O)C(CCCO[Si](OC)(OC)OC)=CC1=O. The first-order chi connectivity index (χ1) is 11.0. The lowest BCUT2D eigenvalue weighted by Gasteiger charge is -2.23. The Hall–Kier alpha value is -1.52. The minimum atomic E-state index is -3.10. The first-order valence-corrected chi connectivity index (χ1v) is 8.53. The molecule has 0 radical (unpaired) electrons. The second kappa shape index (κ2) is 8.94. The number of ketones is 2. The summed E-state index contributed by atoms with van der Waals surface area (Å²) in [6.45, 7) is 0.254. The molecule has 0 amide bonds. The van der Waals surface area contributed by atoms with Crippen LogP contribution in [-0.4, -0.2) is 62.8 Å². The topological polar surface area (TPSA) is 89.5 Å². The molecule has 0 aliphatic heterocycles. The van der Waals surface area contributed by atoms with Crippen molar-refractivity contribution < 1.29 is 36.8 Å². The Balaban J connectivity index is 2.63. The molecule has 0 spiro atoms. The Morgan fingerprint density at radius 1 is 0.913 bits per heavy atom. The molecule has 0 saturated carbocycles. The van der Waals surface area contributed by atoms with Crippen molar-refractivity contribution in [3.63, 3.8) is 0 Å². The van der Waals surface area contributed by atoms with Crippen LogP contribution < -0.4 is 0 Å². The highest BCUT2D eigenvalue weighted by Crippen LogP contribution is 2.23. The van der Waals surface area contributed by atoms with Gasteiger partial charge in [-0.25, -0.2) is 0 Å². The third-order valence-electron chi connectivity index (χ3n) is 3.26. The number of Topliss-reactive ketones (excluding diaryl/α,β-unsaturated/α-hetero) is 1. The monoisotopic (exact) mass is 346 g/mol. The molecule has 1 aliphatic rings. The van der Waals surface area contributed by atoms with Gasteiger partial charge in [0, 0.05) is 33.5 Å². The van der Waals surface area contributed by atoms with E-state index >= 15 is 0 Å². The molecule has 0 aromatic heterocycles. The van der Waals surface area contributed by atoms with E-state index in [9.17, 15) is 9.59 Å². The van der Waals surface area contributed by atoms with Crippen LogP contribution in [0, 0.1) is 0 Å². The van der Waals surface area contributed by atoms with Gasteiger partial charge < -0.3 is 27.2 Å². The van der Waals surface area contributed by atoms with E-state index < -0.39 is 14.8 Å². The number of carbonyl (C=O) groups excluding carboxylic acids is 2. The molecule has 23 heavy (non-hydrogen) atoms. The van der Waals surface area contributed by atoms with E-state index in [0.717, 1.165) is 0 Å². The summed E-state index contributed by atoms with van der Waals surface area (Å²) in [5.74, 6) is -0.917. The molecule has 0 aromatic carbocycles. The lowest BCUT2D eigenvalue weighted by molar-refractivity contribution is -0.120. The van der Waals surface area contributed by atoms with Gasteiger partial charge >= 0.3 is 9.05 Å². The van der Waals surface area contributed by atoms with Crippen LogP contribution in [0.1, 0.15) is 12.8 Å². The van der Waals surface area contributed by atoms with Crippen molar-refractivity contribution in [3.8, 4) is 0 Å². The smallest absolute Gasteiger partial charge is 0.490 e. The highest BCUT2D eigenvalue weighted by Gasteiger charge is 2.42. The third kappa shape index (κ3) is 4.49. The zero-order valence-corrected chi connectivity index (χ0v) is 15.0. The number of hydrogen-bond acceptors (Lipinski definition) is 8. The molecule has 1 aliphatic carbocycles. The van der Waals surface area contributed by atoms with Crippen molar-refractivity contribution in [2.75, 3.05) is 42.2 Å². The maximum absolute atomic E-state index is 12.2. The van der Waals surface area contributed by atoms with E-state index in [2.05, 4.69) is 0 Å². The lowest BCUT2D eigenvalue weighted by Crippen LogP contribution is -2.46. The summed E-state index contributed by atoms with van der Waals surface area (Å²) in [5, 5.41) is 0. The second-order valence-corrected chi connectivity index (χ2v) is 7.01. The number of allylic oxidation sites excluding steroid dienone is 2. The number of ether oxygens (including phenoxy) is 2. The van der Waals surface area contributed by atoms with Crippen LogP contribution in [0.2, 0.25) is 0 Å². The molecule has 1 rings (SSSR count). The van der Waals surface area contributed by atoms with E-state index in [4.69, 9.17) is 27.2 Å². The zero-order chi connectivity index (χ0) is 17.5. The van der Waals surface area contributed by atoms with Crippen molar-refractivity contribution in [2.24, 2.45) is 0 Å². The molecule has 0 fully saturated rings. The molecule has 9 heteroatoms. The van der Waals surface area contributed by atoms with Gasteiger partial charge in [0.05, 0.1) is 14.2 Å². The van der Waals surface area contributed by atoms with Gasteiger partial charge in [-0.3, -0.25) is 9.59 Å². The summed E-state index contributed by atoms with van der Waals surface area (Å²) in [5.41, 5.74) is 0.343. The molecule has 0 atom stereocenters. The fourth-order valence-electron chi connectivity index (χ4n) is 2.10. The van der Waals surface area contributed by atoms with Crippen molar-refractivity contribution in [2.45, 2.75) is 12.8 Å². The predicted octanol–water partition coefficient (Wildman–Crippen LogP) is 0.741. The maximum Gasteiger partial charge on any atom is 0.678 e. The summed E-state index contributed by atoms with van der Waals surface area (Å²) in [6, 6.07) is 0. The van der Waals surface area contributed by atoms with Crippen LogP contribution in [0.15, 0.2) is 23.2 Å². The van der Waals surface area contributed by atoms with E-state index in [1.807, 2.05) is 0 Å². The van der Waals surface area contributed by atoms with Gasteiger partial charge in [-0.1, -0.05) is 0 Å². The molecule has 0 N–H and O–H groups in total. The standard InChI is InChI=1S/C14H22O8Si/c1-17-13-11(15)9-10(12(16)14(13)18-2)7-6-8-22-23(19-3,20-4)21-5/h9H,6-8H2,1-5H3. The van der Waals surface area contributed by atoms with Gasteiger partial charge in [0.25, 0.3) is 0 Å². The van der Waals surface area contributed by atoms with Gasteiger partial charge in [0.1, 0.15) is 0 Å². The van der Waals surface area contributed by atoms with Crippen LogP contribution in [0.3, 0.4) is 0 Å². The molecule has 0 heterocycles. The summed E-state index contributed by atoms with van der Waals surface area (Å²) < 4.78 is 30.8. The summed E-state index contributed by atoms with van der Waals surface area (Å²) in [6.07, 6.45) is 2.09. The maximum atomic E-state index is 12.2. The molecule has 0 unspecified atom stereocenters. The molecule has 0 aromatic rings. The first kappa shape index (κ1) is 19.5. The van der Waals surface area contributed by atoms with Gasteiger partial charge in [-0.15, -0.1) is 0 Å². The van der Waals surface area contributed by atoms with Gasteiger partial charge in [-0.05, 0) is 18.9 Å². The molecule has 0 saturated heterocycles. The van der Waals surface area contributed by atoms with Crippen molar-refractivity contribution in [1.29, 1.82) is 0 Å². The van der Waals surface area contributed by atoms with Gasteiger partial charge in [-0.2, -0.15) is 0 Å². The van der Waals surface area contributed by atoms with Crippen molar-refractivity contribution >= 4 is 20.6 Å². The second-order valence-electron chi connectivity index (χ2n) is 4.49. The summed E-state index contributed by atoms with van der Waals surface area (Å²) in [7, 11) is 3.85. The van der Waals surface area contributed by atoms with Crippen LogP contribution in [0.4, 0.5) is 0 Å².